The highest BCUT2D eigenvalue weighted by molar-refractivity contribution is 9.09. The largest absolute Gasteiger partial charge is 0.0839 e. The van der Waals surface area contributed by atoms with Crippen LogP contribution in [0.3, 0.4) is 0 Å². The van der Waals surface area contributed by atoms with E-state index in [9.17, 15) is 0 Å². The van der Waals surface area contributed by atoms with Gasteiger partial charge in [-0.1, -0.05) is 92.6 Å². The Hall–Kier alpha value is -0.300. The first kappa shape index (κ1) is 15.1. The lowest BCUT2D eigenvalue weighted by molar-refractivity contribution is 0.427. The molecule has 1 aromatic rings. The fraction of sp³-hybridized carbons (Fsp3) is 0.667. The number of hydrogen-bond donors (Lipinski definition) is 0. The van der Waals surface area contributed by atoms with Gasteiger partial charge in [0.15, 0.2) is 0 Å². The summed E-state index contributed by atoms with van der Waals surface area (Å²) in [6.07, 6.45) is 9.96. The molecular formula is C18H27Br. The van der Waals surface area contributed by atoms with Crippen molar-refractivity contribution in [1.82, 2.24) is 0 Å². The van der Waals surface area contributed by atoms with E-state index in [4.69, 9.17) is 0 Å². The van der Waals surface area contributed by atoms with E-state index in [1.165, 1.54) is 56.1 Å². The van der Waals surface area contributed by atoms with Crippen LogP contribution in [0.4, 0.5) is 0 Å². The molecule has 0 aromatic heterocycles. The van der Waals surface area contributed by atoms with Crippen molar-refractivity contribution in [3.8, 4) is 0 Å². The Balaban J connectivity index is 1.92. The summed E-state index contributed by atoms with van der Waals surface area (Å²) in [4.78, 5) is 0.539. The first-order valence-electron chi connectivity index (χ1n) is 7.90. The molecule has 1 aliphatic rings. The van der Waals surface area contributed by atoms with Gasteiger partial charge in [-0.05, 0) is 29.4 Å². The van der Waals surface area contributed by atoms with E-state index < -0.39 is 0 Å². The van der Waals surface area contributed by atoms with Gasteiger partial charge >= 0.3 is 0 Å². The summed E-state index contributed by atoms with van der Waals surface area (Å²) in [7, 11) is 0. The second-order valence-electron chi connectivity index (χ2n) is 6.38. The lowest BCUT2D eigenvalue weighted by Gasteiger charge is -2.19. The molecule has 1 saturated carbocycles. The Labute approximate surface area is 127 Å². The maximum absolute atomic E-state index is 3.91. The summed E-state index contributed by atoms with van der Waals surface area (Å²) in [6, 6.07) is 9.21. The normalized spacial score (nSPS) is 19.4. The second kappa shape index (κ2) is 7.47. The van der Waals surface area contributed by atoms with Gasteiger partial charge in [-0.3, -0.25) is 0 Å². The molecule has 0 saturated heterocycles. The van der Waals surface area contributed by atoms with Crippen molar-refractivity contribution in [1.29, 1.82) is 0 Å². The number of rotatable bonds is 4. The van der Waals surface area contributed by atoms with Crippen LogP contribution in [-0.4, -0.2) is 0 Å². The summed E-state index contributed by atoms with van der Waals surface area (Å²) in [5, 5.41) is 0. The Bertz CT molecular complexity index is 358. The van der Waals surface area contributed by atoms with Crippen molar-refractivity contribution in [3.63, 3.8) is 0 Å². The van der Waals surface area contributed by atoms with Gasteiger partial charge in [0, 0.05) is 4.83 Å². The first-order valence-corrected chi connectivity index (χ1v) is 8.82. The highest BCUT2D eigenvalue weighted by Crippen LogP contribution is 2.36. The number of benzene rings is 1. The standard InChI is InChI=1S/C18H27Br/c1-14(2)16-9-11-17(12-10-16)18(19)13-15-7-5-3-4-6-8-15/h9-12,14-15,18H,3-8,13H2,1-2H3. The molecule has 1 atom stereocenters. The summed E-state index contributed by atoms with van der Waals surface area (Å²) in [6.45, 7) is 4.51. The van der Waals surface area contributed by atoms with E-state index in [1.807, 2.05) is 0 Å². The molecule has 1 unspecified atom stereocenters. The van der Waals surface area contributed by atoms with Crippen LogP contribution >= 0.6 is 15.9 Å². The molecule has 2 rings (SSSR count). The van der Waals surface area contributed by atoms with Gasteiger partial charge in [0.05, 0.1) is 0 Å². The molecule has 1 heteroatoms. The van der Waals surface area contributed by atoms with Crippen molar-refractivity contribution in [2.45, 2.75) is 69.5 Å². The number of halogens is 1. The van der Waals surface area contributed by atoms with Crippen LogP contribution in [-0.2, 0) is 0 Å². The molecule has 0 N–H and O–H groups in total. The molecule has 0 bridgehead atoms. The SMILES string of the molecule is CC(C)c1ccc(C(Br)CC2CCCCCC2)cc1. The fourth-order valence-corrected chi connectivity index (χ4v) is 3.95. The Kier molecular flexibility index (Phi) is 5.94. The van der Waals surface area contributed by atoms with Gasteiger partial charge in [-0.15, -0.1) is 0 Å². The third kappa shape index (κ3) is 4.63. The molecule has 0 radical (unpaired) electrons. The van der Waals surface area contributed by atoms with Crippen molar-refractivity contribution < 1.29 is 0 Å². The zero-order valence-corrected chi connectivity index (χ0v) is 14.0. The third-order valence-electron chi connectivity index (χ3n) is 4.48. The average Bonchev–Trinajstić information content (AvgIpc) is 2.67. The smallest absolute Gasteiger partial charge is 0.0397 e. The lowest BCUT2D eigenvalue weighted by Crippen LogP contribution is -2.03. The van der Waals surface area contributed by atoms with Gasteiger partial charge in [0.25, 0.3) is 0 Å². The predicted molar refractivity (Wildman–Crippen MR) is 88.0 cm³/mol. The van der Waals surface area contributed by atoms with Crippen molar-refractivity contribution in [2.75, 3.05) is 0 Å². The molecule has 1 fully saturated rings. The highest BCUT2D eigenvalue weighted by Gasteiger charge is 2.17. The van der Waals surface area contributed by atoms with E-state index in [1.54, 1.807) is 0 Å². The predicted octanol–water partition coefficient (Wildman–Crippen LogP) is 6.61. The first-order chi connectivity index (χ1) is 9.16. The molecule has 0 aliphatic heterocycles. The Morgan fingerprint density at radius 1 is 0.947 bits per heavy atom. The molecule has 0 nitrogen and oxygen atoms in total. The summed E-state index contributed by atoms with van der Waals surface area (Å²) in [5.74, 6) is 1.56. The highest BCUT2D eigenvalue weighted by atomic mass is 79.9. The Morgan fingerprint density at radius 2 is 1.47 bits per heavy atom. The fourth-order valence-electron chi connectivity index (χ4n) is 3.12. The average molecular weight is 323 g/mol. The van der Waals surface area contributed by atoms with E-state index in [2.05, 4.69) is 54.0 Å². The van der Waals surface area contributed by atoms with E-state index >= 15 is 0 Å². The molecule has 0 amide bonds. The lowest BCUT2D eigenvalue weighted by atomic mass is 9.92. The van der Waals surface area contributed by atoms with Crippen LogP contribution in [0.2, 0.25) is 0 Å². The van der Waals surface area contributed by atoms with Crippen LogP contribution in [0.1, 0.15) is 80.7 Å². The second-order valence-corrected chi connectivity index (χ2v) is 7.49. The van der Waals surface area contributed by atoms with Crippen LogP contribution in [0.25, 0.3) is 0 Å². The minimum absolute atomic E-state index is 0.539. The number of alkyl halides is 1. The molecule has 0 spiro atoms. The summed E-state index contributed by atoms with van der Waals surface area (Å²) in [5.41, 5.74) is 2.89. The summed E-state index contributed by atoms with van der Waals surface area (Å²) < 4.78 is 0. The Morgan fingerprint density at radius 3 is 2.00 bits per heavy atom. The summed E-state index contributed by atoms with van der Waals surface area (Å²) >= 11 is 3.91. The van der Waals surface area contributed by atoms with Crippen molar-refractivity contribution in [3.05, 3.63) is 35.4 Å². The van der Waals surface area contributed by atoms with Crippen LogP contribution in [0, 0.1) is 5.92 Å². The minimum Gasteiger partial charge on any atom is -0.0839 e. The van der Waals surface area contributed by atoms with Gasteiger partial charge in [-0.25, -0.2) is 0 Å². The maximum atomic E-state index is 3.91. The van der Waals surface area contributed by atoms with Gasteiger partial charge in [0.1, 0.15) is 0 Å². The van der Waals surface area contributed by atoms with E-state index in [0.717, 1.165) is 5.92 Å². The van der Waals surface area contributed by atoms with Crippen molar-refractivity contribution >= 4 is 15.9 Å². The quantitative estimate of drug-likeness (QED) is 0.432. The van der Waals surface area contributed by atoms with Gasteiger partial charge in [-0.2, -0.15) is 0 Å². The van der Waals surface area contributed by atoms with E-state index in [0.29, 0.717) is 10.7 Å². The van der Waals surface area contributed by atoms with Gasteiger partial charge < -0.3 is 0 Å². The molecule has 1 aliphatic carbocycles. The van der Waals surface area contributed by atoms with Crippen molar-refractivity contribution in [2.24, 2.45) is 5.92 Å². The monoisotopic (exact) mass is 322 g/mol. The molecule has 19 heavy (non-hydrogen) atoms. The molecule has 0 heterocycles. The van der Waals surface area contributed by atoms with Crippen LogP contribution < -0.4 is 0 Å². The third-order valence-corrected chi connectivity index (χ3v) is 5.38. The van der Waals surface area contributed by atoms with Crippen LogP contribution in [0.5, 0.6) is 0 Å². The zero-order valence-electron chi connectivity index (χ0n) is 12.4. The molecular weight excluding hydrogens is 296 g/mol. The number of hydrogen-bond acceptors (Lipinski definition) is 0. The molecule has 1 aromatic carbocycles. The van der Waals surface area contributed by atoms with Gasteiger partial charge in [0.2, 0.25) is 0 Å². The molecule has 106 valence electrons. The van der Waals surface area contributed by atoms with E-state index in [-0.39, 0.29) is 0 Å². The minimum atomic E-state index is 0.539. The zero-order chi connectivity index (χ0) is 13.7. The maximum Gasteiger partial charge on any atom is 0.0397 e. The topological polar surface area (TPSA) is 0 Å². The van der Waals surface area contributed by atoms with Crippen LogP contribution in [0.15, 0.2) is 24.3 Å².